The number of nitrogens with one attached hydrogen (secondary N) is 1. The molecule has 0 atom stereocenters. The Hall–Kier alpha value is -0.970. The molecule has 0 aliphatic rings. The molecule has 4 nitrogen and oxygen atoms in total. The number of hydrogen-bond donors (Lipinski definition) is 1. The number of nitrogens with zero attached hydrogens (tertiary/aromatic N) is 2. The number of halogens is 1. The maximum absolute atomic E-state index is 11.6. The zero-order valence-corrected chi connectivity index (χ0v) is 7.01. The first-order chi connectivity index (χ1) is 5.83. The summed E-state index contributed by atoms with van der Waals surface area (Å²) < 4.78 is 16.5. The van der Waals surface area contributed by atoms with Crippen molar-refractivity contribution in [1.82, 2.24) is 15.5 Å². The van der Waals surface area contributed by atoms with E-state index in [9.17, 15) is 4.39 Å². The summed E-state index contributed by atoms with van der Waals surface area (Å²) in [5, 5.41) is 6.60. The molecule has 5 heteroatoms. The molecule has 68 valence electrons. The van der Waals surface area contributed by atoms with E-state index in [1.54, 1.807) is 6.92 Å². The van der Waals surface area contributed by atoms with Gasteiger partial charge in [0.15, 0.2) is 5.82 Å². The van der Waals surface area contributed by atoms with Crippen LogP contribution in [0, 0.1) is 6.92 Å². The average molecular weight is 173 g/mol. The molecule has 0 radical (unpaired) electrons. The van der Waals surface area contributed by atoms with Crippen LogP contribution in [0.5, 0.6) is 0 Å². The van der Waals surface area contributed by atoms with Crippen molar-refractivity contribution in [2.24, 2.45) is 0 Å². The molecule has 0 bridgehead atoms. The van der Waals surface area contributed by atoms with Crippen LogP contribution in [-0.2, 0) is 6.54 Å². The molecular formula is C7H12FN3O. The van der Waals surface area contributed by atoms with Gasteiger partial charge < -0.3 is 9.84 Å². The summed E-state index contributed by atoms with van der Waals surface area (Å²) in [7, 11) is 0. The highest BCUT2D eigenvalue weighted by Gasteiger charge is 2.00. The van der Waals surface area contributed by atoms with Crippen LogP contribution >= 0.6 is 0 Å². The standard InChI is InChI=1S/C7H12FN3O/c1-6-10-7(12-11-6)5-9-4-2-3-8/h9H,2-5H2,1H3. The minimum Gasteiger partial charge on any atom is -0.338 e. The third kappa shape index (κ3) is 2.96. The first kappa shape index (κ1) is 9.12. The first-order valence-electron chi connectivity index (χ1n) is 3.89. The highest BCUT2D eigenvalue weighted by atomic mass is 19.1. The first-order valence-corrected chi connectivity index (χ1v) is 3.89. The lowest BCUT2D eigenvalue weighted by molar-refractivity contribution is 0.361. The Kier molecular flexibility index (Phi) is 3.66. The number of aromatic nitrogens is 2. The smallest absolute Gasteiger partial charge is 0.240 e. The largest absolute Gasteiger partial charge is 0.338 e. The van der Waals surface area contributed by atoms with Crippen LogP contribution in [-0.4, -0.2) is 23.4 Å². The summed E-state index contributed by atoms with van der Waals surface area (Å²) in [6, 6.07) is 0. The highest BCUT2D eigenvalue weighted by Crippen LogP contribution is 1.94. The molecule has 0 fully saturated rings. The van der Waals surface area contributed by atoms with Crippen molar-refractivity contribution in [2.75, 3.05) is 13.2 Å². The Bertz CT molecular complexity index is 226. The Morgan fingerprint density at radius 1 is 1.58 bits per heavy atom. The lowest BCUT2D eigenvalue weighted by Crippen LogP contribution is -2.15. The molecule has 0 aliphatic heterocycles. The second-order valence-electron chi connectivity index (χ2n) is 2.45. The third-order valence-electron chi connectivity index (χ3n) is 1.33. The van der Waals surface area contributed by atoms with E-state index in [2.05, 4.69) is 15.5 Å². The van der Waals surface area contributed by atoms with Crippen LogP contribution in [0.4, 0.5) is 4.39 Å². The second-order valence-corrected chi connectivity index (χ2v) is 2.45. The normalized spacial score (nSPS) is 10.5. The Balaban J connectivity index is 2.15. The van der Waals surface area contributed by atoms with Gasteiger partial charge in [-0.1, -0.05) is 5.16 Å². The van der Waals surface area contributed by atoms with Gasteiger partial charge in [-0.2, -0.15) is 4.98 Å². The van der Waals surface area contributed by atoms with Crippen LogP contribution in [0.25, 0.3) is 0 Å². The van der Waals surface area contributed by atoms with Gasteiger partial charge in [0.25, 0.3) is 0 Å². The molecule has 1 heterocycles. The van der Waals surface area contributed by atoms with Gasteiger partial charge in [-0.3, -0.25) is 4.39 Å². The van der Waals surface area contributed by atoms with Crippen LogP contribution in [0.3, 0.4) is 0 Å². The van der Waals surface area contributed by atoms with Crippen molar-refractivity contribution < 1.29 is 8.91 Å². The quantitative estimate of drug-likeness (QED) is 0.670. The number of aryl methyl sites for hydroxylation is 1. The van der Waals surface area contributed by atoms with Crippen molar-refractivity contribution in [3.63, 3.8) is 0 Å². The topological polar surface area (TPSA) is 51.0 Å². The summed E-state index contributed by atoms with van der Waals surface area (Å²) in [6.45, 7) is 2.61. The van der Waals surface area contributed by atoms with Gasteiger partial charge in [0.05, 0.1) is 13.2 Å². The van der Waals surface area contributed by atoms with Gasteiger partial charge in [0, 0.05) is 0 Å². The summed E-state index contributed by atoms with van der Waals surface area (Å²) in [5.74, 6) is 1.17. The molecule has 0 aromatic carbocycles. The minimum atomic E-state index is -0.296. The van der Waals surface area contributed by atoms with Crippen LogP contribution < -0.4 is 5.32 Å². The maximum atomic E-state index is 11.6. The number of rotatable bonds is 5. The van der Waals surface area contributed by atoms with Gasteiger partial charge >= 0.3 is 0 Å². The molecule has 0 spiro atoms. The zero-order chi connectivity index (χ0) is 8.81. The van der Waals surface area contributed by atoms with E-state index in [1.165, 1.54) is 0 Å². The molecule has 0 aliphatic carbocycles. The van der Waals surface area contributed by atoms with Crippen molar-refractivity contribution in [1.29, 1.82) is 0 Å². The van der Waals surface area contributed by atoms with Crippen molar-refractivity contribution >= 4 is 0 Å². The Morgan fingerprint density at radius 2 is 2.42 bits per heavy atom. The molecular weight excluding hydrogens is 161 g/mol. The maximum Gasteiger partial charge on any atom is 0.240 e. The fourth-order valence-corrected chi connectivity index (χ4v) is 0.799. The zero-order valence-electron chi connectivity index (χ0n) is 7.01. The molecule has 0 saturated carbocycles. The SMILES string of the molecule is Cc1noc(CNCCCF)n1. The lowest BCUT2D eigenvalue weighted by Gasteiger charge is -1.96. The van der Waals surface area contributed by atoms with E-state index in [-0.39, 0.29) is 6.67 Å². The number of alkyl halides is 1. The van der Waals surface area contributed by atoms with Crippen LogP contribution in [0.15, 0.2) is 4.52 Å². The molecule has 0 unspecified atom stereocenters. The van der Waals surface area contributed by atoms with E-state index in [0.29, 0.717) is 31.2 Å². The predicted molar refractivity (Wildman–Crippen MR) is 41.3 cm³/mol. The Labute approximate surface area is 70.2 Å². The van der Waals surface area contributed by atoms with Gasteiger partial charge in [0.1, 0.15) is 0 Å². The third-order valence-corrected chi connectivity index (χ3v) is 1.33. The molecule has 1 rings (SSSR count). The fraction of sp³-hybridized carbons (Fsp3) is 0.714. The van der Waals surface area contributed by atoms with Crippen molar-refractivity contribution in [2.45, 2.75) is 19.9 Å². The van der Waals surface area contributed by atoms with Gasteiger partial charge in [-0.05, 0) is 19.9 Å². The van der Waals surface area contributed by atoms with Crippen molar-refractivity contribution in [3.05, 3.63) is 11.7 Å². The molecule has 1 aromatic heterocycles. The lowest BCUT2D eigenvalue weighted by atomic mass is 10.4. The summed E-state index contributed by atoms with van der Waals surface area (Å²) >= 11 is 0. The molecule has 1 aromatic rings. The molecule has 0 amide bonds. The van der Waals surface area contributed by atoms with E-state index in [0.717, 1.165) is 0 Å². The number of hydrogen-bond acceptors (Lipinski definition) is 4. The van der Waals surface area contributed by atoms with Crippen LogP contribution in [0.2, 0.25) is 0 Å². The van der Waals surface area contributed by atoms with E-state index in [4.69, 9.17) is 4.52 Å². The van der Waals surface area contributed by atoms with Crippen molar-refractivity contribution in [3.8, 4) is 0 Å². The van der Waals surface area contributed by atoms with Gasteiger partial charge in [0.2, 0.25) is 5.89 Å². The predicted octanol–water partition coefficient (Wildman–Crippen LogP) is 0.827. The highest BCUT2D eigenvalue weighted by molar-refractivity contribution is 4.81. The monoisotopic (exact) mass is 173 g/mol. The Morgan fingerprint density at radius 3 is 3.00 bits per heavy atom. The van der Waals surface area contributed by atoms with Crippen LogP contribution in [0.1, 0.15) is 18.1 Å². The van der Waals surface area contributed by atoms with E-state index < -0.39 is 0 Å². The van der Waals surface area contributed by atoms with E-state index in [1.807, 2.05) is 0 Å². The van der Waals surface area contributed by atoms with Gasteiger partial charge in [-0.25, -0.2) is 0 Å². The summed E-state index contributed by atoms with van der Waals surface area (Å²) in [6.07, 6.45) is 0.521. The molecule has 12 heavy (non-hydrogen) atoms. The molecule has 0 saturated heterocycles. The minimum absolute atomic E-state index is 0.296. The fourth-order valence-electron chi connectivity index (χ4n) is 0.799. The van der Waals surface area contributed by atoms with Gasteiger partial charge in [-0.15, -0.1) is 0 Å². The van der Waals surface area contributed by atoms with E-state index >= 15 is 0 Å². The average Bonchev–Trinajstić information content (AvgIpc) is 2.45. The second kappa shape index (κ2) is 4.82. The summed E-state index contributed by atoms with van der Waals surface area (Å²) in [4.78, 5) is 3.97. The summed E-state index contributed by atoms with van der Waals surface area (Å²) in [5.41, 5.74) is 0. The molecule has 1 N–H and O–H groups in total.